The number of carbonyl (C=O) groups excluding carboxylic acids is 2. The third kappa shape index (κ3) is 5.42. The predicted molar refractivity (Wildman–Crippen MR) is 145 cm³/mol. The number of aromatic amines is 1. The molecule has 0 radical (unpaired) electrons. The quantitative estimate of drug-likeness (QED) is 0.149. The molecule has 0 bridgehead atoms. The fourth-order valence-corrected chi connectivity index (χ4v) is 4.11. The minimum Gasteiger partial charge on any atom is -0.494 e. The topological polar surface area (TPSA) is 141 Å². The zero-order valence-electron chi connectivity index (χ0n) is 20.6. The Morgan fingerprint density at radius 3 is 2.28 bits per heavy atom. The number of nitriles is 1. The van der Waals surface area contributed by atoms with E-state index in [4.69, 9.17) is 4.74 Å². The Bertz CT molecular complexity index is 1620. The standard InChI is InChI=1S/C29H22N6O4/c30-17-24-25(20-7-2-1-3-8-20)32-29(33-26(24)36)34-31-18-19-11-13-21(14-12-19)39-16-6-15-35-27(37)22-9-4-5-10-23(22)28(35)38/h1-5,7-14,18H,6,15-16H2,(H2,32,33,34,36). The molecule has 0 aliphatic carbocycles. The van der Waals surface area contributed by atoms with Gasteiger partial charge in [0.25, 0.3) is 17.4 Å². The number of hydrogen-bond donors (Lipinski definition) is 2. The Kier molecular flexibility index (Phi) is 7.23. The summed E-state index contributed by atoms with van der Waals surface area (Å²) in [6.45, 7) is 0.615. The van der Waals surface area contributed by atoms with Crippen LogP contribution < -0.4 is 15.7 Å². The zero-order chi connectivity index (χ0) is 27.2. The molecule has 192 valence electrons. The van der Waals surface area contributed by atoms with Crippen LogP contribution in [0.5, 0.6) is 5.75 Å². The lowest BCUT2D eigenvalue weighted by atomic mass is 10.1. The first-order valence-electron chi connectivity index (χ1n) is 12.1. The van der Waals surface area contributed by atoms with E-state index in [0.29, 0.717) is 35.5 Å². The van der Waals surface area contributed by atoms with Gasteiger partial charge in [0.05, 0.1) is 29.6 Å². The van der Waals surface area contributed by atoms with Crippen LogP contribution in [0.3, 0.4) is 0 Å². The van der Waals surface area contributed by atoms with E-state index in [1.807, 2.05) is 12.1 Å². The number of nitrogens with zero attached hydrogens (tertiary/aromatic N) is 4. The van der Waals surface area contributed by atoms with Gasteiger partial charge in [-0.05, 0) is 48.4 Å². The fraction of sp³-hybridized carbons (Fsp3) is 0.103. The van der Waals surface area contributed by atoms with Crippen LogP contribution in [0.1, 0.15) is 38.3 Å². The molecule has 10 heteroatoms. The lowest BCUT2D eigenvalue weighted by molar-refractivity contribution is 0.0646. The van der Waals surface area contributed by atoms with Crippen molar-refractivity contribution in [3.63, 3.8) is 0 Å². The van der Waals surface area contributed by atoms with Crippen LogP contribution in [0, 0.1) is 11.3 Å². The second-order valence-corrected chi connectivity index (χ2v) is 8.56. The molecular formula is C29H22N6O4. The Morgan fingerprint density at radius 1 is 0.949 bits per heavy atom. The minimum atomic E-state index is -0.562. The van der Waals surface area contributed by atoms with E-state index in [0.717, 1.165) is 5.56 Å². The predicted octanol–water partition coefficient (Wildman–Crippen LogP) is 3.82. The first-order chi connectivity index (χ1) is 19.0. The molecule has 2 amide bonds. The summed E-state index contributed by atoms with van der Waals surface area (Å²) in [6, 6.07) is 24.8. The molecule has 2 heterocycles. The van der Waals surface area contributed by atoms with Crippen molar-refractivity contribution >= 4 is 24.0 Å². The number of ether oxygens (including phenoxy) is 1. The zero-order valence-corrected chi connectivity index (χ0v) is 20.6. The molecule has 5 rings (SSSR count). The van der Waals surface area contributed by atoms with E-state index < -0.39 is 5.56 Å². The molecule has 0 saturated heterocycles. The van der Waals surface area contributed by atoms with Gasteiger partial charge >= 0.3 is 0 Å². The van der Waals surface area contributed by atoms with Crippen molar-refractivity contribution in [3.8, 4) is 23.1 Å². The number of amides is 2. The third-order valence-corrected chi connectivity index (χ3v) is 6.02. The van der Waals surface area contributed by atoms with Gasteiger partial charge in [-0.3, -0.25) is 24.3 Å². The van der Waals surface area contributed by atoms with Crippen molar-refractivity contribution in [2.75, 3.05) is 18.6 Å². The largest absolute Gasteiger partial charge is 0.494 e. The number of hydrazone groups is 1. The number of benzene rings is 3. The van der Waals surface area contributed by atoms with Gasteiger partial charge in [-0.1, -0.05) is 42.5 Å². The highest BCUT2D eigenvalue weighted by atomic mass is 16.5. The average molecular weight is 519 g/mol. The SMILES string of the molecule is N#Cc1c(-c2ccccc2)nc(NN=Cc2ccc(OCCCN3C(=O)c4ccccc4C3=O)cc2)[nH]c1=O. The summed E-state index contributed by atoms with van der Waals surface area (Å²) < 4.78 is 5.75. The first kappa shape index (κ1) is 25.1. The highest BCUT2D eigenvalue weighted by Crippen LogP contribution is 2.23. The maximum atomic E-state index is 12.4. The number of aromatic nitrogens is 2. The molecule has 39 heavy (non-hydrogen) atoms. The van der Waals surface area contributed by atoms with Crippen molar-refractivity contribution in [1.82, 2.24) is 14.9 Å². The van der Waals surface area contributed by atoms with Crippen LogP contribution >= 0.6 is 0 Å². The average Bonchev–Trinajstić information content (AvgIpc) is 3.21. The highest BCUT2D eigenvalue weighted by molar-refractivity contribution is 6.21. The van der Waals surface area contributed by atoms with Gasteiger partial charge in [0.15, 0.2) is 0 Å². The van der Waals surface area contributed by atoms with Crippen molar-refractivity contribution in [1.29, 1.82) is 5.26 Å². The van der Waals surface area contributed by atoms with E-state index in [2.05, 4.69) is 20.5 Å². The van der Waals surface area contributed by atoms with Crippen LogP contribution in [0.2, 0.25) is 0 Å². The van der Waals surface area contributed by atoms with Crippen LogP contribution in [-0.2, 0) is 0 Å². The molecule has 3 aromatic carbocycles. The van der Waals surface area contributed by atoms with Gasteiger partial charge in [0.2, 0.25) is 5.95 Å². The number of rotatable bonds is 9. The van der Waals surface area contributed by atoms with Gasteiger partial charge in [0.1, 0.15) is 17.4 Å². The third-order valence-electron chi connectivity index (χ3n) is 6.02. The van der Waals surface area contributed by atoms with Crippen molar-refractivity contribution in [2.45, 2.75) is 6.42 Å². The van der Waals surface area contributed by atoms with Gasteiger partial charge in [-0.25, -0.2) is 10.4 Å². The number of hydrogen-bond acceptors (Lipinski definition) is 8. The van der Waals surface area contributed by atoms with E-state index in [1.54, 1.807) is 79.0 Å². The summed E-state index contributed by atoms with van der Waals surface area (Å²) in [5.41, 5.74) is 4.61. The fourth-order valence-electron chi connectivity index (χ4n) is 4.11. The summed E-state index contributed by atoms with van der Waals surface area (Å²) in [5, 5.41) is 13.5. The molecule has 0 spiro atoms. The Balaban J connectivity index is 1.14. The maximum Gasteiger partial charge on any atom is 0.270 e. The Hall–Kier alpha value is -5.56. The molecule has 2 N–H and O–H groups in total. The van der Waals surface area contributed by atoms with E-state index in [9.17, 15) is 19.6 Å². The molecule has 1 aromatic heterocycles. The monoisotopic (exact) mass is 518 g/mol. The number of anilines is 1. The number of H-pyrrole nitrogens is 1. The first-order valence-corrected chi connectivity index (χ1v) is 12.1. The molecular weight excluding hydrogens is 496 g/mol. The molecule has 0 unspecified atom stereocenters. The molecule has 10 nitrogen and oxygen atoms in total. The van der Waals surface area contributed by atoms with Crippen molar-refractivity contribution < 1.29 is 14.3 Å². The second-order valence-electron chi connectivity index (χ2n) is 8.56. The van der Waals surface area contributed by atoms with E-state index in [1.165, 1.54) is 4.90 Å². The molecule has 4 aromatic rings. The number of nitrogens with one attached hydrogen (secondary N) is 2. The van der Waals surface area contributed by atoms with Crippen LogP contribution in [0.15, 0.2) is 88.8 Å². The van der Waals surface area contributed by atoms with Crippen molar-refractivity contribution in [2.24, 2.45) is 5.10 Å². The molecule has 0 fully saturated rings. The molecule has 1 aliphatic rings. The lowest BCUT2D eigenvalue weighted by Gasteiger charge is -2.14. The summed E-state index contributed by atoms with van der Waals surface area (Å²) >= 11 is 0. The summed E-state index contributed by atoms with van der Waals surface area (Å²) in [4.78, 5) is 45.3. The molecule has 0 saturated carbocycles. The maximum absolute atomic E-state index is 12.4. The highest BCUT2D eigenvalue weighted by Gasteiger charge is 2.34. The van der Waals surface area contributed by atoms with Crippen LogP contribution in [0.25, 0.3) is 11.3 Å². The number of imide groups is 1. The van der Waals surface area contributed by atoms with Gasteiger partial charge in [0, 0.05) is 12.1 Å². The van der Waals surface area contributed by atoms with Crippen molar-refractivity contribution in [3.05, 3.63) is 111 Å². The molecule has 0 atom stereocenters. The van der Waals surface area contributed by atoms with Gasteiger partial charge < -0.3 is 4.74 Å². The summed E-state index contributed by atoms with van der Waals surface area (Å²) in [6.07, 6.45) is 2.05. The Labute approximate surface area is 223 Å². The summed E-state index contributed by atoms with van der Waals surface area (Å²) in [5.74, 6) is 0.189. The molecule has 1 aliphatic heterocycles. The second kappa shape index (κ2) is 11.2. The summed E-state index contributed by atoms with van der Waals surface area (Å²) in [7, 11) is 0. The Morgan fingerprint density at radius 2 is 1.62 bits per heavy atom. The van der Waals surface area contributed by atoms with Crippen LogP contribution in [0.4, 0.5) is 5.95 Å². The normalized spacial score (nSPS) is 12.4. The van der Waals surface area contributed by atoms with Gasteiger partial charge in [-0.2, -0.15) is 10.4 Å². The number of carbonyl (C=O) groups is 2. The smallest absolute Gasteiger partial charge is 0.270 e. The van der Waals surface area contributed by atoms with Crippen LogP contribution in [-0.4, -0.2) is 46.0 Å². The van der Waals surface area contributed by atoms with E-state index in [-0.39, 0.29) is 35.6 Å². The number of fused-ring (bicyclic) bond motifs is 1. The van der Waals surface area contributed by atoms with E-state index >= 15 is 0 Å². The minimum absolute atomic E-state index is 0.0740. The lowest BCUT2D eigenvalue weighted by Crippen LogP contribution is -2.31. The van der Waals surface area contributed by atoms with Gasteiger partial charge in [-0.15, -0.1) is 0 Å².